The standard InChI is InChI=1S/C20H23NO4/c1-4-13-25-17-10-8-16(9-11-17)21-20(22)15-7-12-18(23-5-2)19(14-15)24-6-3/h4,7-12,14H,1,5-6,13H2,2-3H3,(H,21,22). The van der Waals surface area contributed by atoms with Crippen LogP contribution in [0.4, 0.5) is 5.69 Å². The van der Waals surface area contributed by atoms with E-state index in [0.717, 1.165) is 5.75 Å². The molecule has 0 spiro atoms. The molecule has 0 aliphatic rings. The third kappa shape index (κ3) is 5.28. The molecule has 0 aliphatic heterocycles. The fourth-order valence-electron chi connectivity index (χ4n) is 2.19. The number of hydrogen-bond acceptors (Lipinski definition) is 4. The monoisotopic (exact) mass is 341 g/mol. The van der Waals surface area contributed by atoms with Gasteiger partial charge in [-0.05, 0) is 56.3 Å². The molecule has 2 rings (SSSR count). The lowest BCUT2D eigenvalue weighted by atomic mass is 10.1. The van der Waals surface area contributed by atoms with Gasteiger partial charge < -0.3 is 19.5 Å². The molecule has 0 unspecified atom stereocenters. The van der Waals surface area contributed by atoms with E-state index in [0.29, 0.717) is 42.6 Å². The first kappa shape index (κ1) is 18.4. The lowest BCUT2D eigenvalue weighted by Crippen LogP contribution is -2.12. The van der Waals surface area contributed by atoms with Crippen molar-refractivity contribution < 1.29 is 19.0 Å². The maximum Gasteiger partial charge on any atom is 0.255 e. The Balaban J connectivity index is 2.09. The van der Waals surface area contributed by atoms with E-state index in [4.69, 9.17) is 14.2 Å². The second-order valence-corrected chi connectivity index (χ2v) is 5.11. The Morgan fingerprint density at radius 3 is 2.32 bits per heavy atom. The SMILES string of the molecule is C=CCOc1ccc(NC(=O)c2ccc(OCC)c(OCC)c2)cc1. The van der Waals surface area contributed by atoms with E-state index < -0.39 is 0 Å². The summed E-state index contributed by atoms with van der Waals surface area (Å²) in [4.78, 5) is 12.4. The molecule has 0 aliphatic carbocycles. The second kappa shape index (κ2) is 9.37. The van der Waals surface area contributed by atoms with Crippen LogP contribution in [0.3, 0.4) is 0 Å². The minimum absolute atomic E-state index is 0.219. The molecule has 1 N–H and O–H groups in total. The van der Waals surface area contributed by atoms with E-state index in [1.165, 1.54) is 0 Å². The normalized spacial score (nSPS) is 10.0. The van der Waals surface area contributed by atoms with Crippen molar-refractivity contribution in [1.82, 2.24) is 0 Å². The molecule has 1 amide bonds. The van der Waals surface area contributed by atoms with Gasteiger partial charge in [-0.15, -0.1) is 0 Å². The summed E-state index contributed by atoms with van der Waals surface area (Å²) in [7, 11) is 0. The van der Waals surface area contributed by atoms with E-state index >= 15 is 0 Å². The van der Waals surface area contributed by atoms with Gasteiger partial charge in [-0.25, -0.2) is 0 Å². The number of nitrogens with one attached hydrogen (secondary N) is 1. The van der Waals surface area contributed by atoms with Crippen molar-refractivity contribution in [2.75, 3.05) is 25.1 Å². The molecule has 5 heteroatoms. The highest BCUT2D eigenvalue weighted by Crippen LogP contribution is 2.29. The number of ether oxygens (including phenoxy) is 3. The number of carbonyl (C=O) groups excluding carboxylic acids is 1. The molecule has 0 saturated carbocycles. The van der Waals surface area contributed by atoms with Crippen molar-refractivity contribution in [3.8, 4) is 17.2 Å². The average molecular weight is 341 g/mol. The summed E-state index contributed by atoms with van der Waals surface area (Å²) in [5.74, 6) is 1.69. The largest absolute Gasteiger partial charge is 0.490 e. The van der Waals surface area contributed by atoms with Gasteiger partial charge in [0.1, 0.15) is 12.4 Å². The summed E-state index contributed by atoms with van der Waals surface area (Å²) in [5.41, 5.74) is 1.18. The third-order valence-corrected chi connectivity index (χ3v) is 3.29. The number of anilines is 1. The van der Waals surface area contributed by atoms with Crippen LogP contribution in [0.2, 0.25) is 0 Å². The molecule has 0 aromatic heterocycles. The van der Waals surface area contributed by atoms with Gasteiger partial charge >= 0.3 is 0 Å². The van der Waals surface area contributed by atoms with E-state index in [9.17, 15) is 4.79 Å². The molecule has 132 valence electrons. The summed E-state index contributed by atoms with van der Waals surface area (Å²) in [6, 6.07) is 12.3. The van der Waals surface area contributed by atoms with Crippen molar-refractivity contribution >= 4 is 11.6 Å². The summed E-state index contributed by atoms with van der Waals surface area (Å²) in [6.45, 7) is 8.87. The molecule has 0 atom stereocenters. The fourth-order valence-corrected chi connectivity index (χ4v) is 2.19. The second-order valence-electron chi connectivity index (χ2n) is 5.11. The van der Waals surface area contributed by atoms with Crippen LogP contribution in [-0.4, -0.2) is 25.7 Å². The molecular formula is C20H23NO4. The summed E-state index contributed by atoms with van der Waals surface area (Å²) in [5, 5.41) is 2.85. The van der Waals surface area contributed by atoms with E-state index in [1.807, 2.05) is 13.8 Å². The average Bonchev–Trinajstić information content (AvgIpc) is 2.63. The highest BCUT2D eigenvalue weighted by molar-refractivity contribution is 6.04. The van der Waals surface area contributed by atoms with Gasteiger partial charge in [0.25, 0.3) is 5.91 Å². The van der Waals surface area contributed by atoms with Gasteiger partial charge in [-0.3, -0.25) is 4.79 Å². The number of carbonyl (C=O) groups is 1. The first-order chi connectivity index (χ1) is 12.2. The van der Waals surface area contributed by atoms with Crippen molar-refractivity contribution in [2.45, 2.75) is 13.8 Å². The quantitative estimate of drug-likeness (QED) is 0.691. The maximum atomic E-state index is 12.4. The zero-order valence-corrected chi connectivity index (χ0v) is 14.6. The molecule has 25 heavy (non-hydrogen) atoms. The van der Waals surface area contributed by atoms with Crippen molar-refractivity contribution in [3.05, 3.63) is 60.7 Å². The Bertz CT molecular complexity index is 710. The summed E-state index contributed by atoms with van der Waals surface area (Å²) in [6.07, 6.45) is 1.68. The van der Waals surface area contributed by atoms with Crippen LogP contribution in [-0.2, 0) is 0 Å². The molecule has 0 saturated heterocycles. The number of rotatable bonds is 9. The lowest BCUT2D eigenvalue weighted by Gasteiger charge is -2.12. The number of hydrogen-bond donors (Lipinski definition) is 1. The van der Waals surface area contributed by atoms with Crippen LogP contribution in [0.15, 0.2) is 55.1 Å². The molecular weight excluding hydrogens is 318 g/mol. The van der Waals surface area contributed by atoms with Crippen molar-refractivity contribution in [2.24, 2.45) is 0 Å². The number of amides is 1. The highest BCUT2D eigenvalue weighted by atomic mass is 16.5. The van der Waals surface area contributed by atoms with Gasteiger partial charge in [0.05, 0.1) is 13.2 Å². The molecule has 5 nitrogen and oxygen atoms in total. The molecule has 0 fully saturated rings. The predicted molar refractivity (Wildman–Crippen MR) is 98.9 cm³/mol. The third-order valence-electron chi connectivity index (χ3n) is 3.29. The molecule has 0 bridgehead atoms. The fraction of sp³-hybridized carbons (Fsp3) is 0.250. The zero-order valence-electron chi connectivity index (χ0n) is 14.6. The molecule has 2 aromatic rings. The highest BCUT2D eigenvalue weighted by Gasteiger charge is 2.12. The molecule has 2 aromatic carbocycles. The van der Waals surface area contributed by atoms with Crippen LogP contribution >= 0.6 is 0 Å². The minimum atomic E-state index is -0.219. The Hall–Kier alpha value is -2.95. The van der Waals surface area contributed by atoms with Crippen molar-refractivity contribution in [3.63, 3.8) is 0 Å². The van der Waals surface area contributed by atoms with E-state index in [2.05, 4.69) is 11.9 Å². The van der Waals surface area contributed by atoms with Crippen LogP contribution < -0.4 is 19.5 Å². The first-order valence-corrected chi connectivity index (χ1v) is 8.22. The topological polar surface area (TPSA) is 56.8 Å². The van der Waals surface area contributed by atoms with Crippen LogP contribution in [0.5, 0.6) is 17.2 Å². The first-order valence-electron chi connectivity index (χ1n) is 8.22. The van der Waals surface area contributed by atoms with Gasteiger partial charge in [-0.1, -0.05) is 12.7 Å². The smallest absolute Gasteiger partial charge is 0.255 e. The predicted octanol–water partition coefficient (Wildman–Crippen LogP) is 4.30. The Morgan fingerprint density at radius 1 is 1.00 bits per heavy atom. The molecule has 0 radical (unpaired) electrons. The Kier molecular flexibility index (Phi) is 6.89. The Morgan fingerprint density at radius 2 is 1.68 bits per heavy atom. The van der Waals surface area contributed by atoms with Gasteiger partial charge in [0.2, 0.25) is 0 Å². The van der Waals surface area contributed by atoms with Crippen LogP contribution in [0.25, 0.3) is 0 Å². The van der Waals surface area contributed by atoms with E-state index in [-0.39, 0.29) is 5.91 Å². The number of benzene rings is 2. The van der Waals surface area contributed by atoms with Crippen LogP contribution in [0.1, 0.15) is 24.2 Å². The zero-order chi connectivity index (χ0) is 18.1. The van der Waals surface area contributed by atoms with E-state index in [1.54, 1.807) is 48.5 Å². The Labute approximate surface area is 148 Å². The van der Waals surface area contributed by atoms with Crippen molar-refractivity contribution in [1.29, 1.82) is 0 Å². The van der Waals surface area contributed by atoms with Gasteiger partial charge in [0, 0.05) is 11.3 Å². The lowest BCUT2D eigenvalue weighted by molar-refractivity contribution is 0.102. The van der Waals surface area contributed by atoms with Gasteiger partial charge in [0.15, 0.2) is 11.5 Å². The maximum absolute atomic E-state index is 12.4. The summed E-state index contributed by atoms with van der Waals surface area (Å²) >= 11 is 0. The summed E-state index contributed by atoms with van der Waals surface area (Å²) < 4.78 is 16.5. The minimum Gasteiger partial charge on any atom is -0.490 e. The van der Waals surface area contributed by atoms with Crippen LogP contribution in [0, 0.1) is 0 Å². The van der Waals surface area contributed by atoms with Gasteiger partial charge in [-0.2, -0.15) is 0 Å². The molecule has 0 heterocycles.